The van der Waals surface area contributed by atoms with Crippen LogP contribution in [0.4, 0.5) is 0 Å². The van der Waals surface area contributed by atoms with Crippen molar-refractivity contribution in [3.05, 3.63) is 67.4 Å². The molecule has 5 nitrogen and oxygen atoms in total. The van der Waals surface area contributed by atoms with Crippen LogP contribution >= 0.6 is 0 Å². The van der Waals surface area contributed by atoms with Crippen LogP contribution < -0.4 is 0 Å². The lowest BCUT2D eigenvalue weighted by atomic mass is 10.0. The lowest BCUT2D eigenvalue weighted by Gasteiger charge is -2.08. The van der Waals surface area contributed by atoms with Crippen molar-refractivity contribution < 1.29 is 0 Å². The first kappa shape index (κ1) is 12.5. The van der Waals surface area contributed by atoms with Crippen LogP contribution in [0.15, 0.2) is 67.4 Å². The molecule has 0 amide bonds. The zero-order valence-corrected chi connectivity index (χ0v) is 11.6. The fourth-order valence-electron chi connectivity index (χ4n) is 2.38. The van der Waals surface area contributed by atoms with Crippen LogP contribution in [0.3, 0.4) is 0 Å². The summed E-state index contributed by atoms with van der Waals surface area (Å²) in [4.78, 5) is 21.8. The van der Waals surface area contributed by atoms with Crippen molar-refractivity contribution in [1.82, 2.24) is 24.9 Å². The third-order valence-electron chi connectivity index (χ3n) is 3.35. The van der Waals surface area contributed by atoms with Gasteiger partial charge in [-0.05, 0) is 30.3 Å². The van der Waals surface area contributed by atoms with Gasteiger partial charge in [-0.3, -0.25) is 4.98 Å². The Labute approximate surface area is 126 Å². The fourth-order valence-corrected chi connectivity index (χ4v) is 2.38. The fraction of sp³-hybridized carbons (Fsp3) is 0. The van der Waals surface area contributed by atoms with Crippen LogP contribution in [0.25, 0.3) is 33.7 Å². The standard InChI is InChI=1S/C17H11N5/c1-4-13-14(17-21-8-3-9-22-17)10-12(11-15(13)18-5-1)16-19-6-2-7-20-16/h1-11H. The smallest absolute Gasteiger partial charge is 0.159 e. The molecule has 0 saturated heterocycles. The molecule has 0 aliphatic heterocycles. The van der Waals surface area contributed by atoms with E-state index in [9.17, 15) is 0 Å². The third-order valence-corrected chi connectivity index (χ3v) is 3.35. The molecule has 0 N–H and O–H groups in total. The minimum atomic E-state index is 0.659. The maximum absolute atomic E-state index is 4.44. The largest absolute Gasteiger partial charge is 0.256 e. The molecule has 0 radical (unpaired) electrons. The van der Waals surface area contributed by atoms with E-state index in [0.717, 1.165) is 22.0 Å². The Morgan fingerprint density at radius 3 is 1.95 bits per heavy atom. The van der Waals surface area contributed by atoms with Gasteiger partial charge in [0.15, 0.2) is 11.6 Å². The highest BCUT2D eigenvalue weighted by Crippen LogP contribution is 2.29. The summed E-state index contributed by atoms with van der Waals surface area (Å²) in [5.74, 6) is 1.32. The normalized spacial score (nSPS) is 10.7. The van der Waals surface area contributed by atoms with Crippen LogP contribution in [0.2, 0.25) is 0 Å². The predicted molar refractivity (Wildman–Crippen MR) is 83.8 cm³/mol. The van der Waals surface area contributed by atoms with E-state index in [1.54, 1.807) is 43.1 Å². The maximum Gasteiger partial charge on any atom is 0.159 e. The van der Waals surface area contributed by atoms with Crippen LogP contribution in [0, 0.1) is 0 Å². The van der Waals surface area contributed by atoms with E-state index in [1.165, 1.54) is 0 Å². The predicted octanol–water partition coefficient (Wildman–Crippen LogP) is 3.15. The molecule has 1 aromatic carbocycles. The van der Waals surface area contributed by atoms with Crippen molar-refractivity contribution in [3.8, 4) is 22.8 Å². The Balaban J connectivity index is 2.02. The van der Waals surface area contributed by atoms with E-state index < -0.39 is 0 Å². The van der Waals surface area contributed by atoms with E-state index in [-0.39, 0.29) is 0 Å². The Morgan fingerprint density at radius 2 is 1.23 bits per heavy atom. The van der Waals surface area contributed by atoms with E-state index >= 15 is 0 Å². The minimum Gasteiger partial charge on any atom is -0.256 e. The summed E-state index contributed by atoms with van der Waals surface area (Å²) in [5.41, 5.74) is 2.69. The molecule has 0 atom stereocenters. The minimum absolute atomic E-state index is 0.659. The monoisotopic (exact) mass is 285 g/mol. The van der Waals surface area contributed by atoms with Gasteiger partial charge in [-0.25, -0.2) is 19.9 Å². The summed E-state index contributed by atoms with van der Waals surface area (Å²) < 4.78 is 0. The Kier molecular flexibility index (Phi) is 3.01. The van der Waals surface area contributed by atoms with Crippen molar-refractivity contribution in [1.29, 1.82) is 0 Å². The number of rotatable bonds is 2. The summed E-state index contributed by atoms with van der Waals surface area (Å²) in [6.07, 6.45) is 8.69. The van der Waals surface area contributed by atoms with Crippen LogP contribution in [-0.2, 0) is 0 Å². The summed E-state index contributed by atoms with van der Waals surface area (Å²) in [6, 6.07) is 11.5. The van der Waals surface area contributed by atoms with Crippen LogP contribution in [0.5, 0.6) is 0 Å². The van der Waals surface area contributed by atoms with E-state index in [4.69, 9.17) is 0 Å². The number of pyridine rings is 1. The lowest BCUT2D eigenvalue weighted by Crippen LogP contribution is -1.93. The van der Waals surface area contributed by atoms with E-state index in [0.29, 0.717) is 11.6 Å². The van der Waals surface area contributed by atoms with Gasteiger partial charge in [0.2, 0.25) is 0 Å². The molecular weight excluding hydrogens is 274 g/mol. The second kappa shape index (κ2) is 5.29. The first-order valence-electron chi connectivity index (χ1n) is 6.85. The highest BCUT2D eigenvalue weighted by atomic mass is 14.9. The number of hydrogen-bond donors (Lipinski definition) is 0. The molecule has 0 aliphatic rings. The number of hydrogen-bond acceptors (Lipinski definition) is 5. The topological polar surface area (TPSA) is 64.5 Å². The molecule has 0 bridgehead atoms. The maximum atomic E-state index is 4.44. The Bertz CT molecular complexity index is 923. The average molecular weight is 285 g/mol. The van der Waals surface area contributed by atoms with Gasteiger partial charge in [-0.15, -0.1) is 0 Å². The van der Waals surface area contributed by atoms with Gasteiger partial charge in [0, 0.05) is 47.5 Å². The highest BCUT2D eigenvalue weighted by Gasteiger charge is 2.11. The number of nitrogens with zero attached hydrogens (tertiary/aromatic N) is 5. The Hall–Kier alpha value is -3.21. The third kappa shape index (κ3) is 2.18. The van der Waals surface area contributed by atoms with Crippen LogP contribution in [-0.4, -0.2) is 24.9 Å². The molecule has 0 spiro atoms. The van der Waals surface area contributed by atoms with Gasteiger partial charge >= 0.3 is 0 Å². The summed E-state index contributed by atoms with van der Waals surface area (Å²) in [5, 5.41) is 1.01. The highest BCUT2D eigenvalue weighted by molar-refractivity contribution is 5.95. The Morgan fingerprint density at radius 1 is 0.591 bits per heavy atom. The van der Waals surface area contributed by atoms with Crippen LogP contribution in [0.1, 0.15) is 0 Å². The van der Waals surface area contributed by atoms with E-state index in [1.807, 2.05) is 24.3 Å². The number of aromatic nitrogens is 5. The molecule has 4 rings (SSSR count). The summed E-state index contributed by atoms with van der Waals surface area (Å²) in [6.45, 7) is 0. The lowest BCUT2D eigenvalue weighted by molar-refractivity contribution is 1.17. The van der Waals surface area contributed by atoms with Crippen molar-refractivity contribution in [2.45, 2.75) is 0 Å². The first-order chi connectivity index (χ1) is 10.9. The zero-order chi connectivity index (χ0) is 14.8. The molecule has 0 fully saturated rings. The van der Waals surface area contributed by atoms with Crippen molar-refractivity contribution in [2.75, 3.05) is 0 Å². The van der Waals surface area contributed by atoms with Gasteiger partial charge in [0.25, 0.3) is 0 Å². The second-order valence-electron chi connectivity index (χ2n) is 4.74. The van der Waals surface area contributed by atoms with Gasteiger partial charge in [-0.1, -0.05) is 6.07 Å². The van der Waals surface area contributed by atoms with Crippen molar-refractivity contribution in [2.24, 2.45) is 0 Å². The second-order valence-corrected chi connectivity index (χ2v) is 4.74. The van der Waals surface area contributed by atoms with Gasteiger partial charge < -0.3 is 0 Å². The molecule has 104 valence electrons. The molecule has 0 unspecified atom stereocenters. The molecule has 0 aliphatic carbocycles. The summed E-state index contributed by atoms with van der Waals surface area (Å²) in [7, 11) is 0. The van der Waals surface area contributed by atoms with Gasteiger partial charge in [0.05, 0.1) is 5.52 Å². The SMILES string of the molecule is c1cnc(-c2cc(-c3ncccn3)c3cccnc3c2)nc1. The molecule has 0 saturated carbocycles. The first-order valence-corrected chi connectivity index (χ1v) is 6.85. The van der Waals surface area contributed by atoms with Crippen molar-refractivity contribution >= 4 is 10.9 Å². The number of benzene rings is 1. The molecule has 22 heavy (non-hydrogen) atoms. The molecule has 4 aromatic rings. The molecule has 3 heterocycles. The van der Waals surface area contributed by atoms with Gasteiger partial charge in [-0.2, -0.15) is 0 Å². The quantitative estimate of drug-likeness (QED) is 0.566. The molecule has 3 aromatic heterocycles. The van der Waals surface area contributed by atoms with Gasteiger partial charge in [0.1, 0.15) is 0 Å². The molecular formula is C17H11N5. The molecule has 5 heteroatoms. The zero-order valence-electron chi connectivity index (χ0n) is 11.6. The average Bonchev–Trinajstić information content (AvgIpc) is 2.62. The van der Waals surface area contributed by atoms with Crippen molar-refractivity contribution in [3.63, 3.8) is 0 Å². The summed E-state index contributed by atoms with van der Waals surface area (Å²) >= 11 is 0. The number of fused-ring (bicyclic) bond motifs is 1. The van der Waals surface area contributed by atoms with E-state index in [2.05, 4.69) is 24.9 Å².